The van der Waals surface area contributed by atoms with Gasteiger partial charge >= 0.3 is 0 Å². The molecule has 1 amide bonds. The summed E-state index contributed by atoms with van der Waals surface area (Å²) in [6, 6.07) is 7.25. The summed E-state index contributed by atoms with van der Waals surface area (Å²) in [5, 5.41) is 2.89. The molecule has 1 aromatic rings. The van der Waals surface area contributed by atoms with E-state index in [1.165, 1.54) is 0 Å². The maximum absolute atomic E-state index is 11.7. The molecule has 0 heterocycles. The number of ketones is 1. The Labute approximate surface area is 113 Å². The van der Waals surface area contributed by atoms with Gasteiger partial charge < -0.3 is 10.1 Å². The van der Waals surface area contributed by atoms with Gasteiger partial charge in [-0.1, -0.05) is 6.92 Å². The highest BCUT2D eigenvalue weighted by Gasteiger charge is 2.26. The van der Waals surface area contributed by atoms with E-state index in [2.05, 4.69) is 5.32 Å². The summed E-state index contributed by atoms with van der Waals surface area (Å²) in [7, 11) is 0. The number of ether oxygens (including phenoxy) is 1. The zero-order valence-corrected chi connectivity index (χ0v) is 11.3. The molecule has 0 bridgehead atoms. The van der Waals surface area contributed by atoms with Gasteiger partial charge in [0, 0.05) is 18.0 Å². The molecule has 1 aromatic carbocycles. The molecule has 1 atom stereocenters. The van der Waals surface area contributed by atoms with Crippen molar-refractivity contribution in [3.05, 3.63) is 29.8 Å². The molecule has 0 aliphatic heterocycles. The minimum atomic E-state index is -0.520. The van der Waals surface area contributed by atoms with Gasteiger partial charge in [-0.05, 0) is 44.0 Å². The average molecular weight is 261 g/mol. The number of carbonyl (C=O) groups is 2. The Morgan fingerprint density at radius 1 is 1.32 bits per heavy atom. The van der Waals surface area contributed by atoms with Gasteiger partial charge in [0.1, 0.15) is 5.75 Å². The molecule has 1 aliphatic carbocycles. The molecular formula is C15H19NO3. The lowest BCUT2D eigenvalue weighted by molar-refractivity contribution is -0.127. The highest BCUT2D eigenvalue weighted by Crippen LogP contribution is 2.19. The monoisotopic (exact) mass is 261 g/mol. The molecule has 2 rings (SSSR count). The summed E-state index contributed by atoms with van der Waals surface area (Å²) < 4.78 is 5.55. The molecule has 19 heavy (non-hydrogen) atoms. The van der Waals surface area contributed by atoms with Gasteiger partial charge in [0.25, 0.3) is 5.91 Å². The molecule has 4 heteroatoms. The zero-order valence-electron chi connectivity index (χ0n) is 11.3. The van der Waals surface area contributed by atoms with Crippen LogP contribution in [0, 0.1) is 0 Å². The number of nitrogens with one attached hydrogen (secondary N) is 1. The lowest BCUT2D eigenvalue weighted by Gasteiger charge is -2.14. The van der Waals surface area contributed by atoms with Crippen molar-refractivity contribution < 1.29 is 14.3 Å². The maximum Gasteiger partial charge on any atom is 0.260 e. The van der Waals surface area contributed by atoms with Gasteiger partial charge in [-0.2, -0.15) is 0 Å². The van der Waals surface area contributed by atoms with E-state index in [4.69, 9.17) is 4.74 Å². The van der Waals surface area contributed by atoms with Gasteiger partial charge in [0.2, 0.25) is 0 Å². The molecule has 102 valence electrons. The van der Waals surface area contributed by atoms with E-state index in [9.17, 15) is 9.59 Å². The fraction of sp³-hybridized carbons (Fsp3) is 0.467. The van der Waals surface area contributed by atoms with E-state index in [0.717, 1.165) is 12.8 Å². The molecular weight excluding hydrogens is 242 g/mol. The first-order chi connectivity index (χ1) is 9.10. The predicted octanol–water partition coefficient (Wildman–Crippen LogP) is 2.33. The van der Waals surface area contributed by atoms with Crippen LogP contribution in [0.15, 0.2) is 24.3 Å². The smallest absolute Gasteiger partial charge is 0.260 e. The Hall–Kier alpha value is -1.84. The summed E-state index contributed by atoms with van der Waals surface area (Å²) >= 11 is 0. The minimum Gasteiger partial charge on any atom is -0.481 e. The highest BCUT2D eigenvalue weighted by molar-refractivity contribution is 5.95. The van der Waals surface area contributed by atoms with Crippen molar-refractivity contribution in [2.75, 3.05) is 0 Å². The Bertz CT molecular complexity index is 463. The summed E-state index contributed by atoms with van der Waals surface area (Å²) in [4.78, 5) is 23.2. The summed E-state index contributed by atoms with van der Waals surface area (Å²) in [5.74, 6) is 0.619. The van der Waals surface area contributed by atoms with Crippen LogP contribution in [0.1, 0.15) is 43.5 Å². The predicted molar refractivity (Wildman–Crippen MR) is 72.3 cm³/mol. The Morgan fingerprint density at radius 2 is 1.95 bits per heavy atom. The molecule has 1 unspecified atom stereocenters. The van der Waals surface area contributed by atoms with Crippen LogP contribution in [-0.2, 0) is 4.79 Å². The first-order valence-corrected chi connectivity index (χ1v) is 6.70. The van der Waals surface area contributed by atoms with Crippen LogP contribution in [0.25, 0.3) is 0 Å². The van der Waals surface area contributed by atoms with Crippen LogP contribution in [0.3, 0.4) is 0 Å². The van der Waals surface area contributed by atoms with E-state index in [1.807, 2.05) is 6.92 Å². The van der Waals surface area contributed by atoms with Gasteiger partial charge in [-0.15, -0.1) is 0 Å². The second-order valence-electron chi connectivity index (χ2n) is 4.84. The van der Waals surface area contributed by atoms with Crippen LogP contribution in [0.2, 0.25) is 0 Å². The molecule has 1 saturated carbocycles. The van der Waals surface area contributed by atoms with Crippen molar-refractivity contribution in [3.8, 4) is 5.75 Å². The first-order valence-electron chi connectivity index (χ1n) is 6.70. The van der Waals surface area contributed by atoms with Crippen molar-refractivity contribution in [3.63, 3.8) is 0 Å². The quantitative estimate of drug-likeness (QED) is 0.800. The summed E-state index contributed by atoms with van der Waals surface area (Å²) in [6.07, 6.45) is 2.09. The van der Waals surface area contributed by atoms with Crippen molar-refractivity contribution in [1.29, 1.82) is 0 Å². The average Bonchev–Trinajstić information content (AvgIpc) is 3.22. The number of rotatable bonds is 6. The fourth-order valence-corrected chi connectivity index (χ4v) is 1.73. The first kappa shape index (κ1) is 13.6. The highest BCUT2D eigenvalue weighted by atomic mass is 16.5. The van der Waals surface area contributed by atoms with E-state index in [1.54, 1.807) is 31.2 Å². The minimum absolute atomic E-state index is 0.0868. The van der Waals surface area contributed by atoms with E-state index in [-0.39, 0.29) is 11.7 Å². The molecule has 0 radical (unpaired) electrons. The second-order valence-corrected chi connectivity index (χ2v) is 4.84. The Kier molecular flexibility index (Phi) is 4.20. The van der Waals surface area contributed by atoms with Crippen LogP contribution in [-0.4, -0.2) is 23.8 Å². The van der Waals surface area contributed by atoms with Crippen LogP contribution >= 0.6 is 0 Å². The largest absolute Gasteiger partial charge is 0.481 e. The lowest BCUT2D eigenvalue weighted by atomic mass is 10.1. The van der Waals surface area contributed by atoms with Crippen molar-refractivity contribution in [2.24, 2.45) is 0 Å². The normalized spacial score (nSPS) is 15.7. The number of hydrogen-bond acceptors (Lipinski definition) is 3. The topological polar surface area (TPSA) is 55.4 Å². The molecule has 0 saturated heterocycles. The van der Waals surface area contributed by atoms with Crippen molar-refractivity contribution >= 4 is 11.7 Å². The van der Waals surface area contributed by atoms with Crippen molar-refractivity contribution in [1.82, 2.24) is 5.32 Å². The fourth-order valence-electron chi connectivity index (χ4n) is 1.73. The van der Waals surface area contributed by atoms with Crippen LogP contribution in [0.4, 0.5) is 0 Å². The van der Waals surface area contributed by atoms with Crippen LogP contribution in [0.5, 0.6) is 5.75 Å². The zero-order chi connectivity index (χ0) is 13.8. The molecule has 0 aromatic heterocycles. The number of benzene rings is 1. The third kappa shape index (κ3) is 3.81. The second kappa shape index (κ2) is 5.87. The van der Waals surface area contributed by atoms with E-state index in [0.29, 0.717) is 23.8 Å². The van der Waals surface area contributed by atoms with Gasteiger partial charge in [0.15, 0.2) is 11.9 Å². The number of amides is 1. The summed E-state index contributed by atoms with van der Waals surface area (Å²) in [6.45, 7) is 3.56. The third-order valence-electron chi connectivity index (χ3n) is 3.10. The molecule has 1 fully saturated rings. The molecule has 1 aliphatic rings. The van der Waals surface area contributed by atoms with Crippen molar-refractivity contribution in [2.45, 2.75) is 45.3 Å². The van der Waals surface area contributed by atoms with Gasteiger partial charge in [0.05, 0.1) is 0 Å². The Morgan fingerprint density at radius 3 is 2.47 bits per heavy atom. The van der Waals surface area contributed by atoms with Crippen LogP contribution < -0.4 is 10.1 Å². The Balaban J connectivity index is 1.90. The molecule has 0 spiro atoms. The number of carbonyl (C=O) groups excluding carboxylic acids is 2. The van der Waals surface area contributed by atoms with E-state index >= 15 is 0 Å². The maximum atomic E-state index is 11.7. The standard InChI is InChI=1S/C15H19NO3/c1-3-14(17)11-4-8-13(9-5-11)19-10(2)15(18)16-12-6-7-12/h4-5,8-10,12H,3,6-7H2,1-2H3,(H,16,18). The van der Waals surface area contributed by atoms with Gasteiger partial charge in [-0.25, -0.2) is 0 Å². The third-order valence-corrected chi connectivity index (χ3v) is 3.10. The molecule has 4 nitrogen and oxygen atoms in total. The summed E-state index contributed by atoms with van der Waals surface area (Å²) in [5.41, 5.74) is 0.671. The van der Waals surface area contributed by atoms with E-state index < -0.39 is 6.10 Å². The number of Topliss-reactive ketones (excluding diaryl/α,β-unsaturated/α-hetero) is 1. The SMILES string of the molecule is CCC(=O)c1ccc(OC(C)C(=O)NC2CC2)cc1. The molecule has 1 N–H and O–H groups in total. The lowest BCUT2D eigenvalue weighted by Crippen LogP contribution is -2.37. The number of hydrogen-bond donors (Lipinski definition) is 1. The van der Waals surface area contributed by atoms with Gasteiger partial charge in [-0.3, -0.25) is 9.59 Å².